The van der Waals surface area contributed by atoms with Gasteiger partial charge in [-0.1, -0.05) is 0 Å². The summed E-state index contributed by atoms with van der Waals surface area (Å²) in [5, 5.41) is 14.6. The summed E-state index contributed by atoms with van der Waals surface area (Å²) in [6, 6.07) is 3.36. The lowest BCUT2D eigenvalue weighted by Gasteiger charge is -2.22. The van der Waals surface area contributed by atoms with Gasteiger partial charge in [0.05, 0.1) is 4.92 Å². The van der Waals surface area contributed by atoms with Gasteiger partial charge in [0.15, 0.2) is 0 Å². The molecular weight excluding hydrogens is 352 g/mol. The zero-order valence-corrected chi connectivity index (χ0v) is 14.7. The van der Waals surface area contributed by atoms with Crippen molar-refractivity contribution in [2.24, 2.45) is 0 Å². The number of pyridine rings is 1. The van der Waals surface area contributed by atoms with Crippen molar-refractivity contribution in [3.05, 3.63) is 52.6 Å². The molecule has 3 rings (SSSR count). The zero-order valence-electron chi connectivity index (χ0n) is 14.7. The van der Waals surface area contributed by atoms with E-state index in [1.807, 2.05) is 0 Å². The Morgan fingerprint density at radius 3 is 2.52 bits per heavy atom. The number of carbonyl (C=O) groups excluding carboxylic acids is 2. The molecule has 0 aliphatic carbocycles. The molecule has 0 aromatic carbocycles. The third kappa shape index (κ3) is 4.66. The number of nitro groups is 1. The third-order valence-electron chi connectivity index (χ3n) is 4.45. The summed E-state index contributed by atoms with van der Waals surface area (Å²) in [5.41, 5.74) is 0.493. The predicted octanol–water partition coefficient (Wildman–Crippen LogP) is 0.951. The molecule has 1 saturated heterocycles. The first-order chi connectivity index (χ1) is 13.0. The van der Waals surface area contributed by atoms with Crippen LogP contribution >= 0.6 is 0 Å². The second-order valence-electron chi connectivity index (χ2n) is 6.23. The fourth-order valence-corrected chi connectivity index (χ4v) is 2.98. The molecule has 1 aliphatic heterocycles. The van der Waals surface area contributed by atoms with Gasteiger partial charge in [0, 0.05) is 57.1 Å². The van der Waals surface area contributed by atoms with Gasteiger partial charge in [0.1, 0.15) is 12.4 Å². The van der Waals surface area contributed by atoms with Crippen LogP contribution in [0.3, 0.4) is 0 Å². The molecule has 1 aliphatic rings. The summed E-state index contributed by atoms with van der Waals surface area (Å²) in [7, 11) is 0. The molecule has 0 atom stereocenters. The maximum absolute atomic E-state index is 12.5. The second kappa shape index (κ2) is 8.39. The fraction of sp³-hybridized carbons (Fsp3) is 0.412. The van der Waals surface area contributed by atoms with E-state index in [1.165, 1.54) is 17.1 Å². The van der Waals surface area contributed by atoms with Crippen molar-refractivity contribution in [1.29, 1.82) is 0 Å². The number of nitrogens with zero attached hydrogens (tertiary/aromatic N) is 6. The normalized spacial score (nSPS) is 14.7. The maximum Gasteiger partial charge on any atom is 0.306 e. The van der Waals surface area contributed by atoms with Gasteiger partial charge in [-0.2, -0.15) is 5.10 Å². The van der Waals surface area contributed by atoms with Gasteiger partial charge in [-0.15, -0.1) is 0 Å². The largest absolute Gasteiger partial charge is 0.341 e. The molecule has 10 heteroatoms. The Morgan fingerprint density at radius 1 is 1.11 bits per heavy atom. The van der Waals surface area contributed by atoms with Gasteiger partial charge < -0.3 is 9.80 Å². The average Bonchev–Trinajstić information content (AvgIpc) is 3.03. The van der Waals surface area contributed by atoms with Crippen molar-refractivity contribution < 1.29 is 14.5 Å². The Morgan fingerprint density at radius 2 is 1.81 bits per heavy atom. The van der Waals surface area contributed by atoms with Crippen molar-refractivity contribution in [2.45, 2.75) is 19.4 Å². The number of carbonyl (C=O) groups is 2. The predicted molar refractivity (Wildman–Crippen MR) is 94.8 cm³/mol. The average molecular weight is 372 g/mol. The number of hydrogen-bond donors (Lipinski definition) is 0. The number of amides is 2. The van der Waals surface area contributed by atoms with Crippen molar-refractivity contribution >= 4 is 17.5 Å². The van der Waals surface area contributed by atoms with Gasteiger partial charge >= 0.3 is 5.69 Å². The fourth-order valence-electron chi connectivity index (χ4n) is 2.98. The molecule has 2 aromatic rings. The topological polar surface area (TPSA) is 114 Å². The maximum atomic E-state index is 12.5. The van der Waals surface area contributed by atoms with E-state index in [-0.39, 0.29) is 30.5 Å². The Labute approximate surface area is 155 Å². The molecule has 0 N–H and O–H groups in total. The Hall–Kier alpha value is -3.30. The third-order valence-corrected chi connectivity index (χ3v) is 4.45. The molecule has 0 spiro atoms. The summed E-state index contributed by atoms with van der Waals surface area (Å²) in [6.45, 7) is 2.40. The summed E-state index contributed by atoms with van der Waals surface area (Å²) in [5.74, 6) is -0.109. The summed E-state index contributed by atoms with van der Waals surface area (Å²) < 4.78 is 1.40. The van der Waals surface area contributed by atoms with Crippen LogP contribution in [0.5, 0.6) is 0 Å². The lowest BCUT2D eigenvalue weighted by atomic mass is 10.2. The van der Waals surface area contributed by atoms with Crippen LogP contribution in [0.15, 0.2) is 36.9 Å². The van der Waals surface area contributed by atoms with Crippen LogP contribution in [0.1, 0.15) is 23.2 Å². The standard InChI is InChI=1S/C17H20N6O4/c24-16(4-9-22-13-15(12-19-22)23(26)27)20-7-1-8-21(11-10-20)17(25)14-2-5-18-6-3-14/h2-3,5-6,12-13H,1,4,7-11H2. The molecular formula is C17H20N6O4. The van der Waals surface area contributed by atoms with E-state index in [0.717, 1.165) is 0 Å². The molecule has 142 valence electrons. The highest BCUT2D eigenvalue weighted by Crippen LogP contribution is 2.11. The van der Waals surface area contributed by atoms with E-state index in [1.54, 1.807) is 34.3 Å². The first-order valence-corrected chi connectivity index (χ1v) is 8.68. The Balaban J connectivity index is 1.51. The lowest BCUT2D eigenvalue weighted by molar-refractivity contribution is -0.385. The highest BCUT2D eigenvalue weighted by Gasteiger charge is 2.22. The molecule has 3 heterocycles. The van der Waals surface area contributed by atoms with Crippen LogP contribution in [0.25, 0.3) is 0 Å². The number of aryl methyl sites for hydroxylation is 1. The van der Waals surface area contributed by atoms with Crippen LogP contribution in [-0.4, -0.2) is 67.5 Å². The van der Waals surface area contributed by atoms with Crippen LogP contribution in [0.2, 0.25) is 0 Å². The number of aromatic nitrogens is 3. The highest BCUT2D eigenvalue weighted by molar-refractivity contribution is 5.94. The Kier molecular flexibility index (Phi) is 5.74. The molecule has 2 aromatic heterocycles. The van der Waals surface area contributed by atoms with Crippen LogP contribution in [0, 0.1) is 10.1 Å². The lowest BCUT2D eigenvalue weighted by Crippen LogP contribution is -2.37. The van der Waals surface area contributed by atoms with E-state index < -0.39 is 4.92 Å². The van der Waals surface area contributed by atoms with E-state index in [0.29, 0.717) is 38.2 Å². The molecule has 0 unspecified atom stereocenters. The van der Waals surface area contributed by atoms with Crippen molar-refractivity contribution in [3.63, 3.8) is 0 Å². The van der Waals surface area contributed by atoms with E-state index in [2.05, 4.69) is 10.1 Å². The molecule has 1 fully saturated rings. The Bertz CT molecular complexity index is 822. The monoisotopic (exact) mass is 372 g/mol. The summed E-state index contributed by atoms with van der Waals surface area (Å²) in [6.07, 6.45) is 6.55. The van der Waals surface area contributed by atoms with Gasteiger partial charge in [-0.3, -0.25) is 29.4 Å². The minimum absolute atomic E-state index is 0.0497. The molecule has 0 radical (unpaired) electrons. The highest BCUT2D eigenvalue weighted by atomic mass is 16.6. The van der Waals surface area contributed by atoms with Crippen LogP contribution in [0.4, 0.5) is 5.69 Å². The first-order valence-electron chi connectivity index (χ1n) is 8.68. The number of hydrogen-bond acceptors (Lipinski definition) is 6. The summed E-state index contributed by atoms with van der Waals surface area (Å²) >= 11 is 0. The molecule has 0 bridgehead atoms. The molecule has 2 amide bonds. The summed E-state index contributed by atoms with van der Waals surface area (Å²) in [4.78, 5) is 42.5. The molecule has 0 saturated carbocycles. The van der Waals surface area contributed by atoms with Gasteiger partial charge in [-0.05, 0) is 18.6 Å². The SMILES string of the molecule is O=C(CCn1cc([N+](=O)[O-])cn1)N1CCCN(C(=O)c2ccncc2)CC1. The van der Waals surface area contributed by atoms with E-state index in [9.17, 15) is 19.7 Å². The number of rotatable bonds is 5. The quantitative estimate of drug-likeness (QED) is 0.570. The minimum atomic E-state index is -0.519. The van der Waals surface area contributed by atoms with Gasteiger partial charge in [0.2, 0.25) is 5.91 Å². The van der Waals surface area contributed by atoms with E-state index in [4.69, 9.17) is 0 Å². The van der Waals surface area contributed by atoms with Gasteiger partial charge in [-0.25, -0.2) is 0 Å². The molecule has 27 heavy (non-hydrogen) atoms. The zero-order chi connectivity index (χ0) is 19.2. The van der Waals surface area contributed by atoms with E-state index >= 15 is 0 Å². The smallest absolute Gasteiger partial charge is 0.306 e. The van der Waals surface area contributed by atoms with Crippen LogP contribution < -0.4 is 0 Å². The van der Waals surface area contributed by atoms with Crippen molar-refractivity contribution in [1.82, 2.24) is 24.6 Å². The van der Waals surface area contributed by atoms with Crippen molar-refractivity contribution in [2.75, 3.05) is 26.2 Å². The molecule has 10 nitrogen and oxygen atoms in total. The van der Waals surface area contributed by atoms with Crippen LogP contribution in [-0.2, 0) is 11.3 Å². The minimum Gasteiger partial charge on any atom is -0.341 e. The first kappa shape index (κ1) is 18.5. The second-order valence-corrected chi connectivity index (χ2v) is 6.23. The van der Waals surface area contributed by atoms with Gasteiger partial charge in [0.25, 0.3) is 5.91 Å². The van der Waals surface area contributed by atoms with Crippen molar-refractivity contribution in [3.8, 4) is 0 Å².